The van der Waals surface area contributed by atoms with Gasteiger partial charge in [0.25, 0.3) is 0 Å². The number of nitrogens with two attached hydrogens (primary N) is 1. The van der Waals surface area contributed by atoms with Gasteiger partial charge in [0.05, 0.1) is 0 Å². The Morgan fingerprint density at radius 3 is 2.44 bits per heavy atom. The minimum absolute atomic E-state index is 0.372. The molecule has 0 saturated heterocycles. The first-order valence-corrected chi connectivity index (χ1v) is 6.15. The van der Waals surface area contributed by atoms with Gasteiger partial charge in [0.2, 0.25) is 5.89 Å². The molecule has 2 N–H and O–H groups in total. The van der Waals surface area contributed by atoms with Crippen molar-refractivity contribution in [1.82, 2.24) is 10.2 Å². The maximum absolute atomic E-state index is 6.10. The van der Waals surface area contributed by atoms with Gasteiger partial charge >= 0.3 is 6.01 Å². The van der Waals surface area contributed by atoms with E-state index in [1.807, 2.05) is 49.1 Å². The molecule has 1 aromatic carbocycles. The molecule has 18 heavy (non-hydrogen) atoms. The quantitative estimate of drug-likeness (QED) is 0.873. The second-order valence-electron chi connectivity index (χ2n) is 3.98. The zero-order valence-electron chi connectivity index (χ0n) is 10.7. The molecule has 0 saturated carbocycles. The van der Waals surface area contributed by atoms with Gasteiger partial charge in [-0.3, -0.25) is 0 Å². The van der Waals surface area contributed by atoms with Crippen LogP contribution in [0.2, 0.25) is 0 Å². The Morgan fingerprint density at radius 2 is 1.83 bits per heavy atom. The molecule has 0 spiro atoms. The van der Waals surface area contributed by atoms with Crippen LogP contribution in [0, 0.1) is 0 Å². The largest absolute Gasteiger partial charge is 0.406 e. The fourth-order valence-corrected chi connectivity index (χ4v) is 1.78. The molecule has 5 nitrogen and oxygen atoms in total. The normalized spacial score (nSPS) is 12.4. The highest BCUT2D eigenvalue weighted by atomic mass is 16.4. The lowest BCUT2D eigenvalue weighted by Crippen LogP contribution is -2.22. The molecule has 0 aliphatic heterocycles. The second kappa shape index (κ2) is 5.64. The SMILES string of the molecule is CCN(CC)c1nnc(C(N)c2ccccc2)o1. The minimum Gasteiger partial charge on any atom is -0.406 e. The Bertz CT molecular complexity index is 479. The molecule has 5 heteroatoms. The molecule has 96 valence electrons. The van der Waals surface area contributed by atoms with Crippen molar-refractivity contribution in [2.24, 2.45) is 5.73 Å². The summed E-state index contributed by atoms with van der Waals surface area (Å²) in [5, 5.41) is 8.06. The van der Waals surface area contributed by atoms with Gasteiger partial charge in [0.15, 0.2) is 0 Å². The van der Waals surface area contributed by atoms with Crippen LogP contribution in [0.1, 0.15) is 31.3 Å². The molecule has 1 atom stereocenters. The lowest BCUT2D eigenvalue weighted by Gasteiger charge is -2.14. The Kier molecular flexibility index (Phi) is 3.94. The van der Waals surface area contributed by atoms with Gasteiger partial charge in [0, 0.05) is 13.1 Å². The maximum atomic E-state index is 6.10. The molecule has 2 aromatic rings. The summed E-state index contributed by atoms with van der Waals surface area (Å²) in [6, 6.07) is 9.89. The fourth-order valence-electron chi connectivity index (χ4n) is 1.78. The van der Waals surface area contributed by atoms with E-state index < -0.39 is 0 Å². The van der Waals surface area contributed by atoms with Crippen molar-refractivity contribution < 1.29 is 4.42 Å². The Hall–Kier alpha value is -1.88. The molecular weight excluding hydrogens is 228 g/mol. The minimum atomic E-state index is -0.372. The van der Waals surface area contributed by atoms with Crippen molar-refractivity contribution in [3.05, 3.63) is 41.8 Å². The molecule has 1 unspecified atom stereocenters. The first-order chi connectivity index (χ1) is 8.76. The molecule has 0 fully saturated rings. The van der Waals surface area contributed by atoms with E-state index >= 15 is 0 Å². The molecule has 0 bridgehead atoms. The number of hydrogen-bond donors (Lipinski definition) is 1. The number of benzene rings is 1. The number of aromatic nitrogens is 2. The van der Waals surface area contributed by atoms with Crippen LogP contribution in [0.3, 0.4) is 0 Å². The summed E-state index contributed by atoms with van der Waals surface area (Å²) >= 11 is 0. The average Bonchev–Trinajstić information content (AvgIpc) is 2.90. The summed E-state index contributed by atoms with van der Waals surface area (Å²) < 4.78 is 5.62. The van der Waals surface area contributed by atoms with Crippen molar-refractivity contribution in [2.75, 3.05) is 18.0 Å². The van der Waals surface area contributed by atoms with Crippen molar-refractivity contribution >= 4 is 6.01 Å². The molecule has 1 aromatic heterocycles. The molecule has 0 amide bonds. The third-order valence-electron chi connectivity index (χ3n) is 2.89. The Morgan fingerprint density at radius 1 is 1.17 bits per heavy atom. The van der Waals surface area contributed by atoms with E-state index in [0.717, 1.165) is 18.7 Å². The van der Waals surface area contributed by atoms with E-state index in [2.05, 4.69) is 10.2 Å². The van der Waals surface area contributed by atoms with Crippen molar-refractivity contribution in [1.29, 1.82) is 0 Å². The monoisotopic (exact) mass is 246 g/mol. The standard InChI is InChI=1S/C13H18N4O/c1-3-17(4-2)13-16-15-12(18-13)11(14)10-8-6-5-7-9-10/h5-9,11H,3-4,14H2,1-2H3. The molecule has 0 aliphatic carbocycles. The van der Waals surface area contributed by atoms with Gasteiger partial charge in [-0.25, -0.2) is 0 Å². The summed E-state index contributed by atoms with van der Waals surface area (Å²) in [7, 11) is 0. The highest BCUT2D eigenvalue weighted by Gasteiger charge is 2.18. The topological polar surface area (TPSA) is 68.2 Å². The van der Waals surface area contributed by atoms with Crippen LogP contribution in [0.25, 0.3) is 0 Å². The van der Waals surface area contributed by atoms with Gasteiger partial charge in [-0.1, -0.05) is 35.4 Å². The van der Waals surface area contributed by atoms with Crippen LogP contribution >= 0.6 is 0 Å². The molecule has 1 heterocycles. The Balaban J connectivity index is 2.20. The zero-order chi connectivity index (χ0) is 13.0. The highest BCUT2D eigenvalue weighted by molar-refractivity contribution is 5.27. The third-order valence-corrected chi connectivity index (χ3v) is 2.89. The number of rotatable bonds is 5. The van der Waals surface area contributed by atoms with Gasteiger partial charge in [-0.2, -0.15) is 0 Å². The van der Waals surface area contributed by atoms with Gasteiger partial charge in [-0.05, 0) is 19.4 Å². The van der Waals surface area contributed by atoms with Crippen LogP contribution in [0.5, 0.6) is 0 Å². The fraction of sp³-hybridized carbons (Fsp3) is 0.385. The smallest absolute Gasteiger partial charge is 0.318 e. The van der Waals surface area contributed by atoms with Crippen LogP contribution in [-0.2, 0) is 0 Å². The third kappa shape index (κ3) is 2.51. The van der Waals surface area contributed by atoms with Crippen molar-refractivity contribution in [3.8, 4) is 0 Å². The molecular formula is C13H18N4O. The van der Waals surface area contributed by atoms with Gasteiger partial charge < -0.3 is 15.1 Å². The van der Waals surface area contributed by atoms with Crippen molar-refractivity contribution in [2.45, 2.75) is 19.9 Å². The first-order valence-electron chi connectivity index (χ1n) is 6.15. The summed E-state index contributed by atoms with van der Waals surface area (Å²) in [6.07, 6.45) is 0. The number of nitrogens with zero attached hydrogens (tertiary/aromatic N) is 3. The molecule has 0 radical (unpaired) electrons. The van der Waals surface area contributed by atoms with E-state index in [-0.39, 0.29) is 6.04 Å². The van der Waals surface area contributed by atoms with Crippen LogP contribution in [0.15, 0.2) is 34.7 Å². The van der Waals surface area contributed by atoms with E-state index in [0.29, 0.717) is 11.9 Å². The average molecular weight is 246 g/mol. The van der Waals surface area contributed by atoms with E-state index in [1.54, 1.807) is 0 Å². The molecule has 0 aliphatic rings. The van der Waals surface area contributed by atoms with Crippen LogP contribution < -0.4 is 10.6 Å². The summed E-state index contributed by atoms with van der Waals surface area (Å²) in [4.78, 5) is 1.99. The van der Waals surface area contributed by atoms with Gasteiger partial charge in [0.1, 0.15) is 6.04 Å². The summed E-state index contributed by atoms with van der Waals surface area (Å²) in [5.41, 5.74) is 7.06. The predicted molar refractivity (Wildman–Crippen MR) is 70.3 cm³/mol. The van der Waals surface area contributed by atoms with E-state index in [9.17, 15) is 0 Å². The van der Waals surface area contributed by atoms with E-state index in [4.69, 9.17) is 10.2 Å². The first kappa shape index (κ1) is 12.6. The van der Waals surface area contributed by atoms with E-state index in [1.165, 1.54) is 0 Å². The second-order valence-corrected chi connectivity index (χ2v) is 3.98. The maximum Gasteiger partial charge on any atom is 0.318 e. The van der Waals surface area contributed by atoms with Crippen molar-refractivity contribution in [3.63, 3.8) is 0 Å². The highest BCUT2D eigenvalue weighted by Crippen LogP contribution is 2.21. The van der Waals surface area contributed by atoms with Crippen LogP contribution in [-0.4, -0.2) is 23.3 Å². The lowest BCUT2D eigenvalue weighted by molar-refractivity contribution is 0.468. The zero-order valence-corrected chi connectivity index (χ0v) is 10.7. The Labute approximate surface area is 107 Å². The predicted octanol–water partition coefficient (Wildman–Crippen LogP) is 1.96. The molecule has 2 rings (SSSR count). The summed E-state index contributed by atoms with van der Waals surface area (Å²) in [6.45, 7) is 5.76. The number of anilines is 1. The van der Waals surface area contributed by atoms with Crippen LogP contribution in [0.4, 0.5) is 6.01 Å². The van der Waals surface area contributed by atoms with Gasteiger partial charge in [-0.15, -0.1) is 5.10 Å². The number of hydrogen-bond acceptors (Lipinski definition) is 5. The lowest BCUT2D eigenvalue weighted by atomic mass is 10.1. The summed E-state index contributed by atoms with van der Waals surface area (Å²) in [5.74, 6) is 0.447.